The van der Waals surface area contributed by atoms with Gasteiger partial charge in [0.25, 0.3) is 5.91 Å². The van der Waals surface area contributed by atoms with Crippen LogP contribution in [0.3, 0.4) is 0 Å². The second kappa shape index (κ2) is 9.69. The smallest absolute Gasteiger partial charge is 0.338 e. The predicted octanol–water partition coefficient (Wildman–Crippen LogP) is 4.69. The molecule has 0 saturated heterocycles. The average Bonchev–Trinajstić information content (AvgIpc) is 2.72. The Hall–Kier alpha value is -3.40. The Bertz CT molecular complexity index is 906. The minimum absolute atomic E-state index is 0.226. The van der Waals surface area contributed by atoms with Gasteiger partial charge in [-0.3, -0.25) is 4.79 Å². The molecule has 148 valence electrons. The molecule has 0 aliphatic carbocycles. The number of ether oxygens (including phenoxy) is 1. The number of esters is 1. The molecule has 0 aliphatic heterocycles. The number of carbonyl (C=O) groups is 2. The van der Waals surface area contributed by atoms with Crippen molar-refractivity contribution in [2.45, 2.75) is 26.9 Å². The molecule has 1 amide bonds. The molecule has 0 bridgehead atoms. The number of rotatable bonds is 7. The van der Waals surface area contributed by atoms with Crippen LogP contribution >= 0.6 is 0 Å². The molecule has 3 aromatic rings. The summed E-state index contributed by atoms with van der Waals surface area (Å²) in [5.74, 6) is -0.708. The highest BCUT2D eigenvalue weighted by Crippen LogP contribution is 2.13. The summed E-state index contributed by atoms with van der Waals surface area (Å²) in [5.41, 5.74) is 4.49. The van der Waals surface area contributed by atoms with Crippen LogP contribution in [0.2, 0.25) is 0 Å². The first-order valence-electron chi connectivity index (χ1n) is 9.62. The lowest BCUT2D eigenvalue weighted by molar-refractivity contribution is -0.135. The van der Waals surface area contributed by atoms with Gasteiger partial charge in [-0.1, -0.05) is 77.9 Å². The summed E-state index contributed by atoms with van der Waals surface area (Å²) in [7, 11) is 0. The molecular formula is C25H25NO3. The Morgan fingerprint density at radius 1 is 0.759 bits per heavy atom. The van der Waals surface area contributed by atoms with Crippen LogP contribution in [0.4, 0.5) is 0 Å². The number of hydrogen-bond donors (Lipinski definition) is 0. The third-order valence-corrected chi connectivity index (χ3v) is 4.57. The average molecular weight is 387 g/mol. The lowest BCUT2D eigenvalue weighted by Gasteiger charge is -2.23. The molecule has 0 radical (unpaired) electrons. The molecule has 4 heteroatoms. The van der Waals surface area contributed by atoms with E-state index < -0.39 is 5.97 Å². The zero-order valence-electron chi connectivity index (χ0n) is 16.8. The van der Waals surface area contributed by atoms with Gasteiger partial charge in [0, 0.05) is 13.1 Å². The molecular weight excluding hydrogens is 362 g/mol. The summed E-state index contributed by atoms with van der Waals surface area (Å²) in [6.07, 6.45) is 0. The summed E-state index contributed by atoms with van der Waals surface area (Å²) >= 11 is 0. The summed E-state index contributed by atoms with van der Waals surface area (Å²) in [6, 6.07) is 25.1. The Morgan fingerprint density at radius 3 is 1.72 bits per heavy atom. The quantitative estimate of drug-likeness (QED) is 0.553. The van der Waals surface area contributed by atoms with Crippen LogP contribution in [0.25, 0.3) is 0 Å². The Kier molecular flexibility index (Phi) is 6.80. The maximum atomic E-state index is 12.9. The highest BCUT2D eigenvalue weighted by atomic mass is 16.5. The van der Waals surface area contributed by atoms with E-state index in [-0.39, 0.29) is 12.5 Å². The van der Waals surface area contributed by atoms with Gasteiger partial charge in [0.15, 0.2) is 6.61 Å². The molecule has 3 rings (SSSR count). The first kappa shape index (κ1) is 20.3. The van der Waals surface area contributed by atoms with Crippen LogP contribution in [0.5, 0.6) is 0 Å². The minimum Gasteiger partial charge on any atom is -0.452 e. The molecule has 0 unspecified atom stereocenters. The second-order valence-corrected chi connectivity index (χ2v) is 7.17. The van der Waals surface area contributed by atoms with Crippen LogP contribution in [0.1, 0.15) is 32.6 Å². The third-order valence-electron chi connectivity index (χ3n) is 4.57. The van der Waals surface area contributed by atoms with E-state index in [1.807, 2.05) is 80.6 Å². The van der Waals surface area contributed by atoms with E-state index in [0.717, 1.165) is 22.3 Å². The molecule has 0 saturated carbocycles. The van der Waals surface area contributed by atoms with Gasteiger partial charge in [0.2, 0.25) is 0 Å². The lowest BCUT2D eigenvalue weighted by atomic mass is 10.1. The van der Waals surface area contributed by atoms with Crippen molar-refractivity contribution in [1.29, 1.82) is 0 Å². The lowest BCUT2D eigenvalue weighted by Crippen LogP contribution is -2.34. The number of hydrogen-bond acceptors (Lipinski definition) is 3. The van der Waals surface area contributed by atoms with Gasteiger partial charge in [0.05, 0.1) is 5.56 Å². The van der Waals surface area contributed by atoms with Gasteiger partial charge < -0.3 is 9.64 Å². The summed E-state index contributed by atoms with van der Waals surface area (Å²) in [5, 5.41) is 0. The van der Waals surface area contributed by atoms with Crippen LogP contribution in [-0.4, -0.2) is 23.4 Å². The molecule has 29 heavy (non-hydrogen) atoms. The number of aryl methyl sites for hydroxylation is 2. The van der Waals surface area contributed by atoms with Gasteiger partial charge in [-0.15, -0.1) is 0 Å². The van der Waals surface area contributed by atoms with Crippen molar-refractivity contribution >= 4 is 11.9 Å². The van der Waals surface area contributed by atoms with E-state index >= 15 is 0 Å². The molecule has 0 aromatic heterocycles. The normalized spacial score (nSPS) is 10.4. The van der Waals surface area contributed by atoms with Gasteiger partial charge >= 0.3 is 5.97 Å². The van der Waals surface area contributed by atoms with Gasteiger partial charge in [0.1, 0.15) is 0 Å². The zero-order chi connectivity index (χ0) is 20.6. The maximum Gasteiger partial charge on any atom is 0.338 e. The fourth-order valence-electron chi connectivity index (χ4n) is 3.23. The number of benzene rings is 3. The van der Waals surface area contributed by atoms with Crippen LogP contribution in [0, 0.1) is 13.8 Å². The molecule has 0 spiro atoms. The van der Waals surface area contributed by atoms with Crippen molar-refractivity contribution in [3.63, 3.8) is 0 Å². The molecule has 0 heterocycles. The maximum absolute atomic E-state index is 12.9. The van der Waals surface area contributed by atoms with E-state index in [1.54, 1.807) is 17.0 Å². The van der Waals surface area contributed by atoms with Crippen molar-refractivity contribution < 1.29 is 14.3 Å². The van der Waals surface area contributed by atoms with Crippen molar-refractivity contribution in [2.24, 2.45) is 0 Å². The van der Waals surface area contributed by atoms with E-state index in [9.17, 15) is 9.59 Å². The molecule has 0 aliphatic rings. The van der Waals surface area contributed by atoms with Gasteiger partial charge in [-0.25, -0.2) is 4.79 Å². The number of nitrogens with zero attached hydrogens (tertiary/aromatic N) is 1. The van der Waals surface area contributed by atoms with E-state index in [1.165, 1.54) is 0 Å². The molecule has 0 N–H and O–H groups in total. The van der Waals surface area contributed by atoms with Gasteiger partial charge in [-0.2, -0.15) is 0 Å². The largest absolute Gasteiger partial charge is 0.452 e. The van der Waals surface area contributed by atoms with Crippen LogP contribution in [-0.2, 0) is 22.6 Å². The fourth-order valence-corrected chi connectivity index (χ4v) is 3.23. The van der Waals surface area contributed by atoms with Crippen molar-refractivity contribution in [3.05, 3.63) is 107 Å². The number of amides is 1. The van der Waals surface area contributed by atoms with Crippen molar-refractivity contribution in [2.75, 3.05) is 6.61 Å². The minimum atomic E-state index is -0.482. The SMILES string of the molecule is Cc1cc(C)cc(C(=O)OCC(=O)N(Cc2ccccc2)Cc2ccccc2)c1. The monoisotopic (exact) mass is 387 g/mol. The topological polar surface area (TPSA) is 46.6 Å². The molecule has 0 atom stereocenters. The third kappa shape index (κ3) is 6.04. The number of carbonyl (C=O) groups excluding carboxylic acids is 2. The zero-order valence-corrected chi connectivity index (χ0v) is 16.8. The van der Waals surface area contributed by atoms with E-state index in [2.05, 4.69) is 0 Å². The highest BCUT2D eigenvalue weighted by molar-refractivity contribution is 5.91. The summed E-state index contributed by atoms with van der Waals surface area (Å²) < 4.78 is 5.33. The molecule has 4 nitrogen and oxygen atoms in total. The van der Waals surface area contributed by atoms with Gasteiger partial charge in [-0.05, 0) is 37.1 Å². The Labute approximate surface area is 171 Å². The fraction of sp³-hybridized carbons (Fsp3) is 0.200. The summed E-state index contributed by atoms with van der Waals surface area (Å²) in [6.45, 7) is 4.48. The molecule has 0 fully saturated rings. The summed E-state index contributed by atoms with van der Waals surface area (Å²) in [4.78, 5) is 27.0. The van der Waals surface area contributed by atoms with Crippen LogP contribution < -0.4 is 0 Å². The Balaban J connectivity index is 1.69. The van der Waals surface area contributed by atoms with Crippen molar-refractivity contribution in [1.82, 2.24) is 4.90 Å². The van der Waals surface area contributed by atoms with Crippen LogP contribution in [0.15, 0.2) is 78.9 Å². The first-order chi connectivity index (χ1) is 14.0. The first-order valence-corrected chi connectivity index (χ1v) is 9.62. The second-order valence-electron chi connectivity index (χ2n) is 7.17. The Morgan fingerprint density at radius 2 is 1.24 bits per heavy atom. The highest BCUT2D eigenvalue weighted by Gasteiger charge is 2.18. The molecule has 3 aromatic carbocycles. The standard InChI is InChI=1S/C25H25NO3/c1-19-13-20(2)15-23(14-19)25(28)29-18-24(27)26(16-21-9-5-3-6-10-21)17-22-11-7-4-8-12-22/h3-15H,16-18H2,1-2H3. The predicted molar refractivity (Wildman–Crippen MR) is 113 cm³/mol. The van der Waals surface area contributed by atoms with E-state index in [0.29, 0.717) is 18.7 Å². The van der Waals surface area contributed by atoms with Crippen molar-refractivity contribution in [3.8, 4) is 0 Å². The van der Waals surface area contributed by atoms with E-state index in [4.69, 9.17) is 4.74 Å².